The molecule has 9 heteroatoms. The van der Waals surface area contributed by atoms with Crippen LogP contribution >= 0.6 is 11.6 Å². The predicted octanol–water partition coefficient (Wildman–Crippen LogP) is 0.485. The van der Waals surface area contributed by atoms with Crippen molar-refractivity contribution in [3.63, 3.8) is 0 Å². The summed E-state index contributed by atoms with van der Waals surface area (Å²) >= 11 is 5.83. The van der Waals surface area contributed by atoms with Crippen LogP contribution in [0.4, 0.5) is 5.69 Å². The van der Waals surface area contributed by atoms with Crippen molar-refractivity contribution in [1.82, 2.24) is 4.31 Å². The molecule has 0 aliphatic carbocycles. The summed E-state index contributed by atoms with van der Waals surface area (Å²) < 4.78 is 36.1. The smallest absolute Gasteiger partial charge is 0.336 e. The highest BCUT2D eigenvalue weighted by Crippen LogP contribution is 2.27. The van der Waals surface area contributed by atoms with Crippen LogP contribution < -0.4 is 5.73 Å². The Morgan fingerprint density at radius 1 is 1.52 bits per heavy atom. The van der Waals surface area contributed by atoms with Crippen molar-refractivity contribution in [1.29, 1.82) is 0 Å². The number of rotatable bonds is 3. The number of hydrogen-bond acceptors (Lipinski definition) is 6. The third-order valence-electron chi connectivity index (χ3n) is 3.09. The van der Waals surface area contributed by atoms with Crippen LogP contribution in [-0.2, 0) is 24.3 Å². The van der Waals surface area contributed by atoms with Gasteiger partial charge in [0.2, 0.25) is 10.0 Å². The number of morpholine rings is 1. The van der Waals surface area contributed by atoms with Crippen molar-refractivity contribution in [2.24, 2.45) is 0 Å². The average molecular weight is 335 g/mol. The van der Waals surface area contributed by atoms with Gasteiger partial charge in [0.1, 0.15) is 4.90 Å². The van der Waals surface area contributed by atoms with Gasteiger partial charge in [-0.15, -0.1) is 0 Å². The zero-order valence-corrected chi connectivity index (χ0v) is 12.9. The maximum absolute atomic E-state index is 12.6. The number of nitrogens with zero attached hydrogens (tertiary/aromatic N) is 1. The standard InChI is InChI=1S/C12H15ClN2O5S/c1-19-12(16)10-7-15(4-5-20-10)21(17,18)11-6-8(13)2-3-9(11)14/h2-3,6,10H,4-5,7,14H2,1H3. The highest BCUT2D eigenvalue weighted by Gasteiger charge is 2.35. The minimum absolute atomic E-state index is 0.0829. The lowest BCUT2D eigenvalue weighted by Gasteiger charge is -2.30. The Kier molecular flexibility index (Phi) is 4.72. The molecule has 1 aliphatic heterocycles. The lowest BCUT2D eigenvalue weighted by atomic mass is 10.3. The molecule has 1 fully saturated rings. The van der Waals surface area contributed by atoms with Gasteiger partial charge in [-0.05, 0) is 18.2 Å². The van der Waals surface area contributed by atoms with E-state index in [1.54, 1.807) is 0 Å². The van der Waals surface area contributed by atoms with E-state index in [1.807, 2.05) is 0 Å². The number of nitrogen functional groups attached to an aromatic ring is 1. The Bertz CT molecular complexity index is 649. The fraction of sp³-hybridized carbons (Fsp3) is 0.417. The summed E-state index contributed by atoms with van der Waals surface area (Å²) in [5.74, 6) is -0.617. The second-order valence-corrected chi connectivity index (χ2v) is 6.77. The molecule has 1 unspecified atom stereocenters. The highest BCUT2D eigenvalue weighted by atomic mass is 35.5. The summed E-state index contributed by atoms with van der Waals surface area (Å²) in [6, 6.07) is 4.22. The van der Waals surface area contributed by atoms with Gasteiger partial charge in [-0.1, -0.05) is 11.6 Å². The molecule has 1 aliphatic rings. The Balaban J connectivity index is 2.31. The van der Waals surface area contributed by atoms with Crippen molar-refractivity contribution in [2.75, 3.05) is 32.5 Å². The zero-order chi connectivity index (χ0) is 15.6. The third-order valence-corrected chi connectivity index (χ3v) is 5.24. The number of halogens is 1. The molecule has 1 atom stereocenters. The van der Waals surface area contributed by atoms with Gasteiger partial charge in [0.25, 0.3) is 0 Å². The molecule has 0 saturated carbocycles. The van der Waals surface area contributed by atoms with Gasteiger partial charge in [-0.3, -0.25) is 0 Å². The molecule has 21 heavy (non-hydrogen) atoms. The van der Waals surface area contributed by atoms with Crippen LogP contribution in [0.15, 0.2) is 23.1 Å². The molecule has 1 heterocycles. The molecule has 1 saturated heterocycles. The summed E-state index contributed by atoms with van der Waals surface area (Å²) in [7, 11) is -2.64. The number of ether oxygens (including phenoxy) is 2. The van der Waals surface area contributed by atoms with Crippen LogP contribution in [0.1, 0.15) is 0 Å². The number of esters is 1. The summed E-state index contributed by atoms with van der Waals surface area (Å²) in [4.78, 5) is 11.4. The average Bonchev–Trinajstić information content (AvgIpc) is 2.49. The summed E-state index contributed by atoms with van der Waals surface area (Å²) in [5.41, 5.74) is 5.81. The Hall–Kier alpha value is -1.35. The number of hydrogen-bond donors (Lipinski definition) is 1. The second-order valence-electron chi connectivity index (χ2n) is 4.43. The number of carbonyl (C=O) groups excluding carboxylic acids is 1. The molecule has 0 spiro atoms. The molecule has 1 aromatic carbocycles. The van der Waals surface area contributed by atoms with Gasteiger partial charge in [-0.25, -0.2) is 13.2 Å². The van der Waals surface area contributed by atoms with E-state index in [2.05, 4.69) is 4.74 Å². The first-order valence-corrected chi connectivity index (χ1v) is 7.92. The normalized spacial score (nSPS) is 20.2. The van der Waals surface area contributed by atoms with Gasteiger partial charge >= 0.3 is 5.97 Å². The van der Waals surface area contributed by atoms with Crippen LogP contribution in [0.2, 0.25) is 5.02 Å². The minimum atomic E-state index is -3.85. The van der Waals surface area contributed by atoms with Crippen molar-refractivity contribution in [2.45, 2.75) is 11.0 Å². The first-order valence-electron chi connectivity index (χ1n) is 6.11. The Morgan fingerprint density at radius 3 is 2.90 bits per heavy atom. The van der Waals surface area contributed by atoms with Crippen LogP contribution in [0.3, 0.4) is 0 Å². The Labute approximate surface area is 127 Å². The lowest BCUT2D eigenvalue weighted by Crippen LogP contribution is -2.48. The molecule has 0 radical (unpaired) electrons. The van der Waals surface area contributed by atoms with E-state index in [9.17, 15) is 13.2 Å². The van der Waals surface area contributed by atoms with Gasteiger partial charge in [0.15, 0.2) is 6.10 Å². The topological polar surface area (TPSA) is 98.9 Å². The molecule has 0 aromatic heterocycles. The number of methoxy groups -OCH3 is 1. The largest absolute Gasteiger partial charge is 0.467 e. The molecule has 2 N–H and O–H groups in total. The molecule has 0 amide bonds. The molecule has 7 nitrogen and oxygen atoms in total. The van der Waals surface area contributed by atoms with Crippen molar-refractivity contribution < 1.29 is 22.7 Å². The number of sulfonamides is 1. The fourth-order valence-corrected chi connectivity index (χ4v) is 3.79. The summed E-state index contributed by atoms with van der Waals surface area (Å²) in [6.07, 6.45) is -0.945. The van der Waals surface area contributed by atoms with E-state index in [0.29, 0.717) is 0 Å². The molecule has 0 bridgehead atoms. The Morgan fingerprint density at radius 2 is 2.24 bits per heavy atom. The number of nitrogens with two attached hydrogens (primary N) is 1. The predicted molar refractivity (Wildman–Crippen MR) is 76.4 cm³/mol. The van der Waals surface area contributed by atoms with Crippen molar-refractivity contribution in [3.8, 4) is 0 Å². The van der Waals surface area contributed by atoms with Gasteiger partial charge < -0.3 is 15.2 Å². The molecular formula is C12H15ClN2O5S. The highest BCUT2D eigenvalue weighted by molar-refractivity contribution is 7.89. The monoisotopic (exact) mass is 334 g/mol. The first kappa shape index (κ1) is 16.0. The molecule has 1 aromatic rings. The number of benzene rings is 1. The van der Waals surface area contributed by atoms with Gasteiger partial charge in [0, 0.05) is 11.6 Å². The van der Waals surface area contributed by atoms with E-state index < -0.39 is 22.1 Å². The zero-order valence-electron chi connectivity index (χ0n) is 11.3. The summed E-state index contributed by atoms with van der Waals surface area (Å²) in [5, 5.41) is 0.264. The fourth-order valence-electron chi connectivity index (χ4n) is 1.99. The third kappa shape index (κ3) is 3.29. The van der Waals surface area contributed by atoms with E-state index in [0.717, 1.165) is 4.31 Å². The van der Waals surface area contributed by atoms with Crippen LogP contribution in [-0.4, -0.2) is 51.6 Å². The summed E-state index contributed by atoms with van der Waals surface area (Å²) in [6.45, 7) is 0.0994. The SMILES string of the molecule is COC(=O)C1CN(S(=O)(=O)c2cc(Cl)ccc2N)CCO1. The van der Waals surface area contributed by atoms with E-state index >= 15 is 0 Å². The van der Waals surface area contributed by atoms with E-state index in [-0.39, 0.29) is 35.3 Å². The first-order chi connectivity index (χ1) is 9.86. The van der Waals surface area contributed by atoms with Crippen LogP contribution in [0.5, 0.6) is 0 Å². The molecule has 116 valence electrons. The van der Waals surface area contributed by atoms with Gasteiger partial charge in [0.05, 0.1) is 25.9 Å². The minimum Gasteiger partial charge on any atom is -0.467 e. The maximum atomic E-state index is 12.6. The van der Waals surface area contributed by atoms with Gasteiger partial charge in [-0.2, -0.15) is 4.31 Å². The number of carbonyl (C=O) groups is 1. The molecular weight excluding hydrogens is 320 g/mol. The van der Waals surface area contributed by atoms with Crippen molar-refractivity contribution in [3.05, 3.63) is 23.2 Å². The van der Waals surface area contributed by atoms with Crippen LogP contribution in [0.25, 0.3) is 0 Å². The molecule has 2 rings (SSSR count). The number of anilines is 1. The van der Waals surface area contributed by atoms with Crippen LogP contribution in [0, 0.1) is 0 Å². The van der Waals surface area contributed by atoms with Crippen molar-refractivity contribution >= 4 is 33.3 Å². The van der Waals surface area contributed by atoms with E-state index in [4.69, 9.17) is 22.1 Å². The lowest BCUT2D eigenvalue weighted by molar-refractivity contribution is -0.157. The quantitative estimate of drug-likeness (QED) is 0.638. The maximum Gasteiger partial charge on any atom is 0.336 e. The second kappa shape index (κ2) is 6.18. The van der Waals surface area contributed by atoms with E-state index in [1.165, 1.54) is 25.3 Å².